The SMILES string of the molecule is CC(C)(C)OC(=O)N[C@@H](Cc1ccccc1)C(=O)Nc1ccc(N=Nc2ccccc2)cc1. The van der Waals surface area contributed by atoms with E-state index in [-0.39, 0.29) is 5.91 Å². The van der Waals surface area contributed by atoms with Crippen LogP contribution in [0, 0.1) is 0 Å². The molecular formula is C26H28N4O3. The van der Waals surface area contributed by atoms with Gasteiger partial charge in [-0.25, -0.2) is 4.79 Å². The Hall–Kier alpha value is -4.00. The second-order valence-electron chi connectivity index (χ2n) is 8.46. The Labute approximate surface area is 193 Å². The molecule has 0 aliphatic rings. The summed E-state index contributed by atoms with van der Waals surface area (Å²) in [5.74, 6) is -0.344. The summed E-state index contributed by atoms with van der Waals surface area (Å²) in [6, 6.07) is 25.1. The molecule has 0 aliphatic heterocycles. The molecule has 0 aromatic heterocycles. The molecule has 0 bridgehead atoms. The van der Waals surface area contributed by atoms with Crippen LogP contribution < -0.4 is 10.6 Å². The molecule has 2 N–H and O–H groups in total. The average Bonchev–Trinajstić information content (AvgIpc) is 2.78. The van der Waals surface area contributed by atoms with Crippen LogP contribution >= 0.6 is 0 Å². The number of hydrogen-bond donors (Lipinski definition) is 2. The summed E-state index contributed by atoms with van der Waals surface area (Å²) < 4.78 is 5.33. The van der Waals surface area contributed by atoms with Gasteiger partial charge in [0, 0.05) is 12.1 Å². The molecule has 0 spiro atoms. The van der Waals surface area contributed by atoms with E-state index in [1.54, 1.807) is 45.0 Å². The molecule has 0 fully saturated rings. The lowest BCUT2D eigenvalue weighted by Crippen LogP contribution is -2.47. The number of anilines is 1. The van der Waals surface area contributed by atoms with Crippen molar-refractivity contribution in [2.75, 3.05) is 5.32 Å². The molecule has 33 heavy (non-hydrogen) atoms. The van der Waals surface area contributed by atoms with Crippen LogP contribution in [0.3, 0.4) is 0 Å². The molecule has 3 aromatic rings. The van der Waals surface area contributed by atoms with E-state index in [0.717, 1.165) is 11.3 Å². The molecule has 7 nitrogen and oxygen atoms in total. The molecule has 3 aromatic carbocycles. The molecular weight excluding hydrogens is 416 g/mol. The quantitative estimate of drug-likeness (QED) is 0.426. The van der Waals surface area contributed by atoms with Crippen LogP contribution in [0.5, 0.6) is 0 Å². The van der Waals surface area contributed by atoms with Gasteiger partial charge >= 0.3 is 6.09 Å². The summed E-state index contributed by atoms with van der Waals surface area (Å²) in [6.07, 6.45) is -0.315. The summed E-state index contributed by atoms with van der Waals surface area (Å²) in [4.78, 5) is 25.3. The van der Waals surface area contributed by atoms with Crippen molar-refractivity contribution in [1.82, 2.24) is 5.32 Å². The third-order valence-electron chi connectivity index (χ3n) is 4.46. The molecule has 7 heteroatoms. The van der Waals surface area contributed by atoms with Crippen LogP contribution in [0.2, 0.25) is 0 Å². The third-order valence-corrected chi connectivity index (χ3v) is 4.46. The summed E-state index contributed by atoms with van der Waals surface area (Å²) in [7, 11) is 0. The van der Waals surface area contributed by atoms with Gasteiger partial charge in [-0.1, -0.05) is 48.5 Å². The van der Waals surface area contributed by atoms with Crippen LogP contribution in [0.4, 0.5) is 21.9 Å². The van der Waals surface area contributed by atoms with Gasteiger partial charge in [0.05, 0.1) is 11.4 Å². The first-order chi connectivity index (χ1) is 15.8. The van der Waals surface area contributed by atoms with E-state index in [1.165, 1.54) is 0 Å². The second kappa shape index (κ2) is 11.0. The van der Waals surface area contributed by atoms with Gasteiger partial charge in [0.25, 0.3) is 0 Å². The molecule has 0 saturated heterocycles. The number of benzene rings is 3. The van der Waals surface area contributed by atoms with E-state index >= 15 is 0 Å². The molecule has 0 unspecified atom stereocenters. The minimum Gasteiger partial charge on any atom is -0.444 e. The Balaban J connectivity index is 1.67. The summed E-state index contributed by atoms with van der Waals surface area (Å²) in [5, 5.41) is 13.9. The van der Waals surface area contributed by atoms with Crippen molar-refractivity contribution >= 4 is 29.1 Å². The van der Waals surface area contributed by atoms with Crippen molar-refractivity contribution in [3.63, 3.8) is 0 Å². The zero-order valence-corrected chi connectivity index (χ0v) is 19.0. The lowest BCUT2D eigenvalue weighted by molar-refractivity contribution is -0.118. The predicted octanol–water partition coefficient (Wildman–Crippen LogP) is 6.18. The number of hydrogen-bond acceptors (Lipinski definition) is 5. The topological polar surface area (TPSA) is 92.1 Å². The van der Waals surface area contributed by atoms with E-state index in [1.807, 2.05) is 60.7 Å². The molecule has 1 atom stereocenters. The fourth-order valence-corrected chi connectivity index (χ4v) is 2.96. The minimum atomic E-state index is -0.806. The van der Waals surface area contributed by atoms with Gasteiger partial charge in [-0.3, -0.25) is 4.79 Å². The number of azo groups is 1. The number of ether oxygens (including phenoxy) is 1. The molecule has 2 amide bonds. The standard InChI is InChI=1S/C26H28N4O3/c1-26(2,3)33-25(32)28-23(18-19-10-6-4-7-11-19)24(31)27-20-14-16-22(17-15-20)30-29-21-12-8-5-9-13-21/h4-17,23H,18H2,1-3H3,(H,27,31)(H,28,32)/t23-/m0/s1. The zero-order valence-electron chi connectivity index (χ0n) is 19.0. The Morgan fingerprint density at radius 2 is 1.36 bits per heavy atom. The molecule has 0 heterocycles. The monoisotopic (exact) mass is 444 g/mol. The maximum Gasteiger partial charge on any atom is 0.408 e. The van der Waals surface area contributed by atoms with Crippen molar-refractivity contribution in [3.05, 3.63) is 90.5 Å². The first kappa shape index (κ1) is 23.7. The largest absolute Gasteiger partial charge is 0.444 e. The van der Waals surface area contributed by atoms with E-state index in [4.69, 9.17) is 4.74 Å². The van der Waals surface area contributed by atoms with E-state index in [0.29, 0.717) is 17.8 Å². The zero-order chi connectivity index (χ0) is 23.7. The number of carbonyl (C=O) groups is 2. The molecule has 0 aliphatic carbocycles. The summed E-state index contributed by atoms with van der Waals surface area (Å²) in [6.45, 7) is 5.32. The van der Waals surface area contributed by atoms with Crippen LogP contribution in [0.1, 0.15) is 26.3 Å². The van der Waals surface area contributed by atoms with Crippen molar-refractivity contribution in [1.29, 1.82) is 0 Å². The van der Waals surface area contributed by atoms with Crippen LogP contribution in [-0.4, -0.2) is 23.6 Å². The van der Waals surface area contributed by atoms with E-state index in [9.17, 15) is 9.59 Å². The van der Waals surface area contributed by atoms with E-state index < -0.39 is 17.7 Å². The maximum absolute atomic E-state index is 13.0. The number of nitrogens with zero attached hydrogens (tertiary/aromatic N) is 2. The number of carbonyl (C=O) groups excluding carboxylic acids is 2. The summed E-state index contributed by atoms with van der Waals surface area (Å²) >= 11 is 0. The van der Waals surface area contributed by atoms with Crippen LogP contribution in [0.25, 0.3) is 0 Å². The highest BCUT2D eigenvalue weighted by Crippen LogP contribution is 2.20. The normalized spacial score (nSPS) is 12.2. The predicted molar refractivity (Wildman–Crippen MR) is 129 cm³/mol. The maximum atomic E-state index is 13.0. The highest BCUT2D eigenvalue weighted by Gasteiger charge is 2.24. The molecule has 0 radical (unpaired) electrons. The molecule has 0 saturated carbocycles. The van der Waals surface area contributed by atoms with Gasteiger partial charge in [-0.05, 0) is 62.7 Å². The smallest absolute Gasteiger partial charge is 0.408 e. The number of alkyl carbamates (subject to hydrolysis) is 1. The fraction of sp³-hybridized carbons (Fsp3) is 0.231. The third kappa shape index (κ3) is 8.22. The van der Waals surface area contributed by atoms with Crippen molar-refractivity contribution in [2.24, 2.45) is 10.2 Å². The number of nitrogens with one attached hydrogen (secondary N) is 2. The van der Waals surface area contributed by atoms with Crippen LogP contribution in [-0.2, 0) is 16.0 Å². The van der Waals surface area contributed by atoms with Gasteiger partial charge in [-0.2, -0.15) is 10.2 Å². The Kier molecular flexibility index (Phi) is 7.91. The van der Waals surface area contributed by atoms with Gasteiger partial charge in [0.2, 0.25) is 5.91 Å². The van der Waals surface area contributed by atoms with Gasteiger partial charge < -0.3 is 15.4 Å². The van der Waals surface area contributed by atoms with Gasteiger partial charge in [-0.15, -0.1) is 0 Å². The minimum absolute atomic E-state index is 0.329. The summed E-state index contributed by atoms with van der Waals surface area (Å²) in [5.41, 5.74) is 2.26. The highest BCUT2D eigenvalue weighted by atomic mass is 16.6. The van der Waals surface area contributed by atoms with Crippen molar-refractivity contribution in [2.45, 2.75) is 38.8 Å². The van der Waals surface area contributed by atoms with Crippen molar-refractivity contribution < 1.29 is 14.3 Å². The van der Waals surface area contributed by atoms with Crippen molar-refractivity contribution in [3.8, 4) is 0 Å². The average molecular weight is 445 g/mol. The Morgan fingerprint density at radius 1 is 0.818 bits per heavy atom. The Morgan fingerprint density at radius 3 is 1.94 bits per heavy atom. The molecule has 170 valence electrons. The second-order valence-corrected chi connectivity index (χ2v) is 8.46. The van der Waals surface area contributed by atoms with Gasteiger partial charge in [0.15, 0.2) is 0 Å². The number of rotatable bonds is 7. The lowest BCUT2D eigenvalue weighted by Gasteiger charge is -2.23. The highest BCUT2D eigenvalue weighted by molar-refractivity contribution is 5.96. The molecule has 3 rings (SSSR count). The lowest BCUT2D eigenvalue weighted by atomic mass is 10.1. The number of amides is 2. The van der Waals surface area contributed by atoms with Crippen LogP contribution in [0.15, 0.2) is 95.2 Å². The first-order valence-electron chi connectivity index (χ1n) is 10.7. The first-order valence-corrected chi connectivity index (χ1v) is 10.7. The fourth-order valence-electron chi connectivity index (χ4n) is 2.96. The van der Waals surface area contributed by atoms with Gasteiger partial charge in [0.1, 0.15) is 11.6 Å². The Bertz CT molecular complexity index is 1080. The van der Waals surface area contributed by atoms with E-state index in [2.05, 4.69) is 20.9 Å².